The van der Waals surface area contributed by atoms with Crippen LogP contribution in [0.25, 0.3) is 0 Å². The number of benzene rings is 1. The lowest BCUT2D eigenvalue weighted by Crippen LogP contribution is -2.34. The molecule has 0 spiro atoms. The minimum Gasteiger partial charge on any atom is -0.292 e. The van der Waals surface area contributed by atoms with Gasteiger partial charge in [-0.1, -0.05) is 30.7 Å². The summed E-state index contributed by atoms with van der Waals surface area (Å²) in [5.41, 5.74) is 1.48. The lowest BCUT2D eigenvalue weighted by Gasteiger charge is -2.36. The van der Waals surface area contributed by atoms with Crippen LogP contribution < -0.4 is 0 Å². The standard InChI is InChI=1S/C16H20F3N/c1-12(2)11-20-10-4-3-5-15(20)13-6-8-14(9-7-13)16(17,18)19/h6-9,15H,1,3-5,10-11H2,2H3. The van der Waals surface area contributed by atoms with E-state index in [1.54, 1.807) is 12.1 Å². The van der Waals surface area contributed by atoms with Gasteiger partial charge in [-0.05, 0) is 44.0 Å². The van der Waals surface area contributed by atoms with Crippen molar-refractivity contribution >= 4 is 0 Å². The van der Waals surface area contributed by atoms with Crippen LogP contribution in [0.1, 0.15) is 43.4 Å². The van der Waals surface area contributed by atoms with E-state index >= 15 is 0 Å². The van der Waals surface area contributed by atoms with Crippen LogP contribution >= 0.6 is 0 Å². The first-order chi connectivity index (χ1) is 9.38. The molecule has 1 heterocycles. The average Bonchev–Trinajstić information content (AvgIpc) is 2.38. The Hall–Kier alpha value is -1.29. The van der Waals surface area contributed by atoms with Crippen molar-refractivity contribution in [3.63, 3.8) is 0 Å². The largest absolute Gasteiger partial charge is 0.416 e. The summed E-state index contributed by atoms with van der Waals surface area (Å²) in [6.45, 7) is 7.71. The van der Waals surface area contributed by atoms with E-state index in [0.29, 0.717) is 0 Å². The zero-order valence-corrected chi connectivity index (χ0v) is 11.7. The number of halogens is 3. The molecular weight excluding hydrogens is 263 g/mol. The summed E-state index contributed by atoms with van der Waals surface area (Å²) < 4.78 is 37.8. The van der Waals surface area contributed by atoms with E-state index in [1.165, 1.54) is 12.1 Å². The summed E-state index contributed by atoms with van der Waals surface area (Å²) in [7, 11) is 0. The Kier molecular flexibility index (Phi) is 4.53. The van der Waals surface area contributed by atoms with E-state index in [4.69, 9.17) is 0 Å². The van der Waals surface area contributed by atoms with Crippen LogP contribution in [-0.4, -0.2) is 18.0 Å². The predicted octanol–water partition coefficient (Wildman–Crippen LogP) is 4.81. The van der Waals surface area contributed by atoms with Crippen molar-refractivity contribution in [2.75, 3.05) is 13.1 Å². The zero-order valence-electron chi connectivity index (χ0n) is 11.7. The SMILES string of the molecule is C=C(C)CN1CCCCC1c1ccc(C(F)(F)F)cc1. The molecule has 0 amide bonds. The Labute approximate surface area is 118 Å². The summed E-state index contributed by atoms with van der Waals surface area (Å²) in [6.07, 6.45) is -0.996. The van der Waals surface area contributed by atoms with Crippen LogP contribution in [0.5, 0.6) is 0 Å². The van der Waals surface area contributed by atoms with Gasteiger partial charge in [0.1, 0.15) is 0 Å². The number of hydrogen-bond donors (Lipinski definition) is 0. The van der Waals surface area contributed by atoms with Crippen molar-refractivity contribution < 1.29 is 13.2 Å². The molecule has 1 nitrogen and oxygen atoms in total. The highest BCUT2D eigenvalue weighted by atomic mass is 19.4. The molecule has 1 saturated heterocycles. The smallest absolute Gasteiger partial charge is 0.292 e. The Morgan fingerprint density at radius 2 is 1.90 bits per heavy atom. The molecule has 0 N–H and O–H groups in total. The van der Waals surface area contributed by atoms with Crippen molar-refractivity contribution in [1.29, 1.82) is 0 Å². The first-order valence-electron chi connectivity index (χ1n) is 6.93. The van der Waals surface area contributed by atoms with E-state index in [2.05, 4.69) is 11.5 Å². The second kappa shape index (κ2) is 6.00. The van der Waals surface area contributed by atoms with Gasteiger partial charge >= 0.3 is 6.18 Å². The van der Waals surface area contributed by atoms with Gasteiger partial charge in [0, 0.05) is 12.6 Å². The van der Waals surface area contributed by atoms with Crippen LogP contribution in [0.2, 0.25) is 0 Å². The molecule has 1 aliphatic rings. The molecule has 1 atom stereocenters. The molecule has 110 valence electrons. The quantitative estimate of drug-likeness (QED) is 0.720. The molecule has 2 rings (SSSR count). The van der Waals surface area contributed by atoms with Crippen molar-refractivity contribution in [2.24, 2.45) is 0 Å². The van der Waals surface area contributed by atoms with Crippen LogP contribution in [0.15, 0.2) is 36.4 Å². The topological polar surface area (TPSA) is 3.24 Å². The zero-order chi connectivity index (χ0) is 14.8. The van der Waals surface area contributed by atoms with Crippen LogP contribution in [0, 0.1) is 0 Å². The van der Waals surface area contributed by atoms with Crippen molar-refractivity contribution in [3.8, 4) is 0 Å². The molecular formula is C16H20F3N. The predicted molar refractivity (Wildman–Crippen MR) is 74.4 cm³/mol. The fourth-order valence-corrected chi connectivity index (χ4v) is 2.80. The third kappa shape index (κ3) is 3.63. The maximum atomic E-state index is 12.6. The normalized spacial score (nSPS) is 20.9. The molecule has 1 aliphatic heterocycles. The minimum atomic E-state index is -4.26. The highest BCUT2D eigenvalue weighted by Crippen LogP contribution is 2.34. The number of likely N-dealkylation sites (tertiary alicyclic amines) is 1. The molecule has 0 bridgehead atoms. The first-order valence-corrected chi connectivity index (χ1v) is 6.93. The first kappa shape index (κ1) is 15.1. The van der Waals surface area contributed by atoms with Gasteiger partial charge in [-0.25, -0.2) is 0 Å². The highest BCUT2D eigenvalue weighted by Gasteiger charge is 2.31. The number of hydrogen-bond acceptors (Lipinski definition) is 1. The Morgan fingerprint density at radius 1 is 1.25 bits per heavy atom. The van der Waals surface area contributed by atoms with Crippen LogP contribution in [0.3, 0.4) is 0 Å². The highest BCUT2D eigenvalue weighted by molar-refractivity contribution is 5.27. The summed E-state index contributed by atoms with van der Waals surface area (Å²) in [5, 5.41) is 0. The van der Waals surface area contributed by atoms with Gasteiger partial charge < -0.3 is 0 Å². The van der Waals surface area contributed by atoms with Gasteiger partial charge in [0.25, 0.3) is 0 Å². The van der Waals surface area contributed by atoms with Crippen LogP contribution in [0.4, 0.5) is 13.2 Å². The maximum absolute atomic E-state index is 12.6. The van der Waals surface area contributed by atoms with Crippen molar-refractivity contribution in [1.82, 2.24) is 4.90 Å². The molecule has 0 aliphatic carbocycles. The second-order valence-electron chi connectivity index (χ2n) is 5.56. The van der Waals surface area contributed by atoms with E-state index in [0.717, 1.165) is 43.5 Å². The van der Waals surface area contributed by atoms with Gasteiger partial charge in [-0.3, -0.25) is 4.90 Å². The van der Waals surface area contributed by atoms with Crippen molar-refractivity contribution in [2.45, 2.75) is 38.4 Å². The molecule has 1 fully saturated rings. The van der Waals surface area contributed by atoms with E-state index in [1.807, 2.05) is 6.92 Å². The lowest BCUT2D eigenvalue weighted by atomic mass is 9.94. The fourth-order valence-electron chi connectivity index (χ4n) is 2.80. The number of rotatable bonds is 3. The Balaban J connectivity index is 2.17. The lowest BCUT2D eigenvalue weighted by molar-refractivity contribution is -0.137. The maximum Gasteiger partial charge on any atom is 0.416 e. The molecule has 1 aromatic rings. The molecule has 0 radical (unpaired) electrons. The van der Waals surface area contributed by atoms with E-state index in [9.17, 15) is 13.2 Å². The monoisotopic (exact) mass is 283 g/mol. The third-order valence-corrected chi connectivity index (χ3v) is 3.71. The average molecular weight is 283 g/mol. The third-order valence-electron chi connectivity index (χ3n) is 3.71. The Morgan fingerprint density at radius 3 is 2.45 bits per heavy atom. The number of nitrogens with zero attached hydrogens (tertiary/aromatic N) is 1. The minimum absolute atomic E-state index is 0.211. The molecule has 4 heteroatoms. The molecule has 20 heavy (non-hydrogen) atoms. The summed E-state index contributed by atoms with van der Waals surface area (Å²) in [5.74, 6) is 0. The second-order valence-corrected chi connectivity index (χ2v) is 5.56. The van der Waals surface area contributed by atoms with Gasteiger partial charge in [0.2, 0.25) is 0 Å². The summed E-state index contributed by atoms with van der Waals surface area (Å²) >= 11 is 0. The van der Waals surface area contributed by atoms with Crippen LogP contribution in [-0.2, 0) is 6.18 Å². The molecule has 0 aromatic heterocycles. The molecule has 1 aromatic carbocycles. The van der Waals surface area contributed by atoms with Gasteiger partial charge in [0.05, 0.1) is 5.56 Å². The summed E-state index contributed by atoms with van der Waals surface area (Å²) in [4.78, 5) is 2.31. The fraction of sp³-hybridized carbons (Fsp3) is 0.500. The van der Waals surface area contributed by atoms with Gasteiger partial charge in [0.15, 0.2) is 0 Å². The molecule has 1 unspecified atom stereocenters. The van der Waals surface area contributed by atoms with Gasteiger partial charge in [-0.15, -0.1) is 0 Å². The van der Waals surface area contributed by atoms with E-state index < -0.39 is 11.7 Å². The number of alkyl halides is 3. The summed E-state index contributed by atoms with van der Waals surface area (Å²) in [6, 6.07) is 5.81. The van der Waals surface area contributed by atoms with Crippen molar-refractivity contribution in [3.05, 3.63) is 47.5 Å². The van der Waals surface area contributed by atoms with E-state index in [-0.39, 0.29) is 6.04 Å². The number of piperidine rings is 1. The van der Waals surface area contributed by atoms with Gasteiger partial charge in [-0.2, -0.15) is 13.2 Å². The molecule has 0 saturated carbocycles. The Bertz CT molecular complexity index is 462.